The number of nitrogens with one attached hydrogen (secondary N) is 1. The van der Waals surface area contributed by atoms with Gasteiger partial charge < -0.3 is 4.98 Å². The van der Waals surface area contributed by atoms with Crippen LogP contribution < -0.4 is 0 Å². The fourth-order valence-corrected chi connectivity index (χ4v) is 3.40. The number of fused-ring (bicyclic) bond motifs is 1. The second-order valence-corrected chi connectivity index (χ2v) is 5.65. The highest BCUT2D eigenvalue weighted by Crippen LogP contribution is 2.35. The van der Waals surface area contributed by atoms with Crippen LogP contribution in [0.4, 0.5) is 0 Å². The summed E-state index contributed by atoms with van der Waals surface area (Å²) in [4.78, 5) is 7.25. The van der Waals surface area contributed by atoms with E-state index >= 15 is 0 Å². The average molecular weight is 281 g/mol. The molecule has 20 heavy (non-hydrogen) atoms. The highest BCUT2D eigenvalue weighted by molar-refractivity contribution is 7.71. The lowest BCUT2D eigenvalue weighted by atomic mass is 9.79. The maximum Gasteiger partial charge on any atom is 0.121 e. The molecule has 4 heteroatoms. The third kappa shape index (κ3) is 2.14. The molecule has 1 unspecified atom stereocenters. The van der Waals surface area contributed by atoms with E-state index in [1.807, 2.05) is 19.3 Å². The van der Waals surface area contributed by atoms with Gasteiger partial charge in [-0.1, -0.05) is 12.2 Å². The van der Waals surface area contributed by atoms with Gasteiger partial charge in [-0.05, 0) is 60.9 Å². The lowest BCUT2D eigenvalue weighted by Gasteiger charge is -2.27. The molecule has 0 radical (unpaired) electrons. The molecule has 0 bridgehead atoms. The van der Waals surface area contributed by atoms with E-state index in [-0.39, 0.29) is 0 Å². The van der Waals surface area contributed by atoms with Gasteiger partial charge in [0, 0.05) is 18.1 Å². The predicted octanol–water partition coefficient (Wildman–Crippen LogP) is 3.59. The first-order valence-corrected chi connectivity index (χ1v) is 7.16. The largest absolute Gasteiger partial charge is 0.349 e. The van der Waals surface area contributed by atoms with Crippen molar-refractivity contribution < 1.29 is 0 Å². The summed E-state index contributed by atoms with van der Waals surface area (Å²) in [5.74, 6) is 0.500. The molecule has 1 aliphatic rings. The van der Waals surface area contributed by atoms with E-state index in [1.165, 1.54) is 11.1 Å². The number of pyridine rings is 2. The molecule has 1 atom stereocenters. The van der Waals surface area contributed by atoms with Crippen molar-refractivity contribution in [3.05, 3.63) is 57.1 Å². The highest BCUT2D eigenvalue weighted by Gasteiger charge is 2.24. The van der Waals surface area contributed by atoms with Gasteiger partial charge in [-0.25, -0.2) is 0 Å². The zero-order valence-corrected chi connectivity index (χ0v) is 12.1. The van der Waals surface area contributed by atoms with Crippen molar-refractivity contribution in [3.63, 3.8) is 0 Å². The summed E-state index contributed by atoms with van der Waals surface area (Å²) in [7, 11) is 0. The summed E-state index contributed by atoms with van der Waals surface area (Å²) in [6.07, 6.45) is 6.63. The third-order valence-corrected chi connectivity index (χ3v) is 4.44. The molecule has 0 saturated carbocycles. The molecule has 1 aliphatic carbocycles. The van der Waals surface area contributed by atoms with Crippen molar-refractivity contribution >= 4 is 12.2 Å². The maximum atomic E-state index is 9.30. The number of H-pyrrole nitrogens is 1. The Morgan fingerprint density at radius 2 is 2.10 bits per heavy atom. The van der Waals surface area contributed by atoms with Gasteiger partial charge in [0.15, 0.2) is 0 Å². The second kappa shape index (κ2) is 5.18. The summed E-state index contributed by atoms with van der Waals surface area (Å²) < 4.78 is 0.575. The molecule has 0 saturated heterocycles. The second-order valence-electron chi connectivity index (χ2n) is 5.24. The molecule has 3 nitrogen and oxygen atoms in total. The van der Waals surface area contributed by atoms with Gasteiger partial charge in [0.05, 0.1) is 5.56 Å². The van der Waals surface area contributed by atoms with Gasteiger partial charge in [0.1, 0.15) is 10.7 Å². The average Bonchev–Trinajstić information content (AvgIpc) is 2.48. The monoisotopic (exact) mass is 281 g/mol. The molecule has 0 aliphatic heterocycles. The van der Waals surface area contributed by atoms with Crippen LogP contribution in [-0.4, -0.2) is 9.97 Å². The van der Waals surface area contributed by atoms with Crippen LogP contribution in [-0.2, 0) is 12.8 Å². The van der Waals surface area contributed by atoms with Gasteiger partial charge in [0.2, 0.25) is 0 Å². The lowest BCUT2D eigenvalue weighted by molar-refractivity contribution is 0.578. The molecular weight excluding hydrogens is 266 g/mol. The van der Waals surface area contributed by atoms with Crippen molar-refractivity contribution in [2.24, 2.45) is 0 Å². The Morgan fingerprint density at radius 3 is 2.80 bits per heavy atom. The van der Waals surface area contributed by atoms with Crippen molar-refractivity contribution in [2.75, 3.05) is 0 Å². The van der Waals surface area contributed by atoms with Crippen LogP contribution in [0, 0.1) is 22.9 Å². The first-order chi connectivity index (χ1) is 9.70. The minimum atomic E-state index is 0.500. The van der Waals surface area contributed by atoms with E-state index in [4.69, 9.17) is 12.2 Å². The minimum absolute atomic E-state index is 0.500. The van der Waals surface area contributed by atoms with Gasteiger partial charge >= 0.3 is 0 Å². The number of rotatable bonds is 1. The Kier molecular flexibility index (Phi) is 3.37. The van der Waals surface area contributed by atoms with Crippen LogP contribution >= 0.6 is 12.2 Å². The van der Waals surface area contributed by atoms with Crippen molar-refractivity contribution in [1.82, 2.24) is 9.97 Å². The predicted molar refractivity (Wildman–Crippen MR) is 80.1 cm³/mol. The number of nitriles is 1. The molecule has 2 aromatic rings. The van der Waals surface area contributed by atoms with Crippen LogP contribution in [0.1, 0.15) is 40.3 Å². The molecule has 2 aromatic heterocycles. The fraction of sp³-hybridized carbons (Fsp3) is 0.312. The molecule has 100 valence electrons. The molecule has 1 N–H and O–H groups in total. The number of hydrogen-bond donors (Lipinski definition) is 1. The number of aryl methyl sites for hydroxylation is 1. The van der Waals surface area contributed by atoms with Gasteiger partial charge in [0.25, 0.3) is 0 Å². The molecule has 0 amide bonds. The van der Waals surface area contributed by atoms with Crippen LogP contribution in [0.3, 0.4) is 0 Å². The van der Waals surface area contributed by atoms with Crippen molar-refractivity contribution in [2.45, 2.75) is 32.1 Å². The first kappa shape index (κ1) is 13.0. The first-order valence-electron chi connectivity index (χ1n) is 6.75. The molecule has 2 heterocycles. The van der Waals surface area contributed by atoms with E-state index in [2.05, 4.69) is 28.2 Å². The summed E-state index contributed by atoms with van der Waals surface area (Å²) in [6, 6.07) is 6.43. The topological polar surface area (TPSA) is 52.5 Å². The summed E-state index contributed by atoms with van der Waals surface area (Å²) in [5.41, 5.74) is 5.50. The van der Waals surface area contributed by atoms with Crippen molar-refractivity contribution in [1.29, 1.82) is 5.26 Å². The summed E-state index contributed by atoms with van der Waals surface area (Å²) >= 11 is 5.26. The maximum absolute atomic E-state index is 9.30. The SMILES string of the molecule is Cc1[nH]c(=S)c(C#N)c2c1CC(c1ccncc1)CC2. The quantitative estimate of drug-likeness (QED) is 0.813. The number of hydrogen-bond acceptors (Lipinski definition) is 3. The standard InChI is InChI=1S/C16H15N3S/c1-10-14-8-12(11-4-6-18-7-5-11)2-3-13(14)15(9-17)16(20)19-10/h4-7,12H,2-3,8H2,1H3,(H,19,20). The van der Waals surface area contributed by atoms with Crippen LogP contribution in [0.2, 0.25) is 0 Å². The Hall–Kier alpha value is -1.99. The van der Waals surface area contributed by atoms with E-state index < -0.39 is 0 Å². The molecule has 0 fully saturated rings. The number of aromatic amines is 1. The lowest BCUT2D eigenvalue weighted by Crippen LogP contribution is -2.16. The molecule has 0 spiro atoms. The van der Waals surface area contributed by atoms with E-state index in [9.17, 15) is 5.26 Å². The zero-order chi connectivity index (χ0) is 14.1. The highest BCUT2D eigenvalue weighted by atomic mass is 32.1. The van der Waals surface area contributed by atoms with E-state index in [1.54, 1.807) is 0 Å². The fourth-order valence-electron chi connectivity index (χ4n) is 3.08. The Labute approximate surface area is 123 Å². The Balaban J connectivity index is 2.05. The van der Waals surface area contributed by atoms with Crippen LogP contribution in [0.15, 0.2) is 24.5 Å². The van der Waals surface area contributed by atoms with Crippen LogP contribution in [0.5, 0.6) is 0 Å². The Morgan fingerprint density at radius 1 is 1.35 bits per heavy atom. The van der Waals surface area contributed by atoms with Crippen molar-refractivity contribution in [3.8, 4) is 6.07 Å². The smallest absolute Gasteiger partial charge is 0.121 e. The number of nitrogens with zero attached hydrogens (tertiary/aromatic N) is 2. The minimum Gasteiger partial charge on any atom is -0.349 e. The van der Waals surface area contributed by atoms with E-state index in [0.29, 0.717) is 16.1 Å². The molecular formula is C16H15N3S. The van der Waals surface area contributed by atoms with E-state index in [0.717, 1.165) is 30.5 Å². The third-order valence-electron chi connectivity index (χ3n) is 4.13. The van der Waals surface area contributed by atoms with Gasteiger partial charge in [-0.3, -0.25) is 4.98 Å². The van der Waals surface area contributed by atoms with Gasteiger partial charge in [-0.2, -0.15) is 5.26 Å². The summed E-state index contributed by atoms with van der Waals surface area (Å²) in [6.45, 7) is 2.05. The summed E-state index contributed by atoms with van der Waals surface area (Å²) in [5, 5.41) is 9.30. The zero-order valence-electron chi connectivity index (χ0n) is 11.3. The number of aromatic nitrogens is 2. The van der Waals surface area contributed by atoms with Crippen LogP contribution in [0.25, 0.3) is 0 Å². The van der Waals surface area contributed by atoms with Gasteiger partial charge in [-0.15, -0.1) is 0 Å². The molecule has 0 aromatic carbocycles. The molecule has 3 rings (SSSR count). The normalized spacial score (nSPS) is 17.3. The Bertz CT molecular complexity index is 741.